The summed E-state index contributed by atoms with van der Waals surface area (Å²) in [5.74, 6) is 1.09. The van der Waals surface area contributed by atoms with Crippen LogP contribution in [0, 0.1) is 5.92 Å². The van der Waals surface area contributed by atoms with Gasteiger partial charge < -0.3 is 4.48 Å². The Hall–Kier alpha value is -1.93. The van der Waals surface area contributed by atoms with Gasteiger partial charge in [-0.25, -0.2) is 0 Å². The molecular formula is C22H26NO+. The molecule has 2 nitrogen and oxygen atoms in total. The van der Waals surface area contributed by atoms with Crippen LogP contribution in [0.2, 0.25) is 0 Å². The third-order valence-electron chi connectivity index (χ3n) is 6.27. The Kier molecular flexibility index (Phi) is 4.01. The highest BCUT2D eigenvalue weighted by Gasteiger charge is 2.50. The predicted octanol–water partition coefficient (Wildman–Crippen LogP) is 4.56. The Morgan fingerprint density at radius 1 is 0.958 bits per heavy atom. The fourth-order valence-electron chi connectivity index (χ4n) is 4.94. The molecule has 124 valence electrons. The third-order valence-corrected chi connectivity index (χ3v) is 6.27. The van der Waals surface area contributed by atoms with Crippen LogP contribution < -0.4 is 0 Å². The number of rotatable bonds is 4. The molecule has 2 aromatic carbocycles. The molecule has 0 saturated carbocycles. The summed E-state index contributed by atoms with van der Waals surface area (Å²) in [5.41, 5.74) is 3.24. The van der Waals surface area contributed by atoms with Gasteiger partial charge in [0.1, 0.15) is 6.54 Å². The van der Waals surface area contributed by atoms with Crippen molar-refractivity contribution < 1.29 is 9.28 Å². The number of quaternary nitrogens is 1. The number of hydrogen-bond acceptors (Lipinski definition) is 1. The van der Waals surface area contributed by atoms with Gasteiger partial charge in [0, 0.05) is 30.7 Å². The highest BCUT2D eigenvalue weighted by molar-refractivity contribution is 5.97. The molecule has 0 N–H and O–H groups in total. The molecule has 0 radical (unpaired) electrons. The molecule has 24 heavy (non-hydrogen) atoms. The third kappa shape index (κ3) is 2.69. The molecule has 0 aromatic heterocycles. The molecule has 2 aromatic rings. The lowest BCUT2D eigenvalue weighted by Gasteiger charge is -2.35. The van der Waals surface area contributed by atoms with E-state index in [4.69, 9.17) is 0 Å². The molecule has 0 aliphatic carbocycles. The first kappa shape index (κ1) is 15.6. The van der Waals surface area contributed by atoms with Crippen LogP contribution in [0.15, 0.2) is 54.6 Å². The van der Waals surface area contributed by atoms with E-state index in [0.717, 1.165) is 22.0 Å². The number of carbonyl (C=O) groups excluding carboxylic acids is 1. The number of hydrogen-bond donors (Lipinski definition) is 0. The Labute approximate surface area is 144 Å². The van der Waals surface area contributed by atoms with E-state index in [1.54, 1.807) is 0 Å². The highest BCUT2D eigenvalue weighted by Crippen LogP contribution is 2.40. The summed E-state index contributed by atoms with van der Waals surface area (Å²) in [6.07, 6.45) is 3.88. The molecule has 2 aliphatic rings. The van der Waals surface area contributed by atoms with Crippen molar-refractivity contribution in [3.63, 3.8) is 0 Å². The van der Waals surface area contributed by atoms with Gasteiger partial charge in [-0.05, 0) is 11.1 Å². The SMILES string of the molecule is CC1CC[N+]2(CC(=O)c3ccc(-c4ccccc4)cc3)CCCC12. The molecule has 3 atom stereocenters. The Morgan fingerprint density at radius 3 is 2.42 bits per heavy atom. The molecule has 2 saturated heterocycles. The minimum absolute atomic E-state index is 0.315. The average molecular weight is 320 g/mol. The van der Waals surface area contributed by atoms with Gasteiger partial charge in [-0.3, -0.25) is 4.79 Å². The van der Waals surface area contributed by atoms with Gasteiger partial charge in [0.25, 0.3) is 0 Å². The van der Waals surface area contributed by atoms with Gasteiger partial charge >= 0.3 is 0 Å². The second-order valence-corrected chi connectivity index (χ2v) is 7.67. The molecule has 2 heterocycles. The van der Waals surface area contributed by atoms with Crippen LogP contribution in [0.3, 0.4) is 0 Å². The Balaban J connectivity index is 1.51. The number of Topliss-reactive ketones (excluding diaryl/α,β-unsaturated/α-hetero) is 1. The maximum atomic E-state index is 12.9. The lowest BCUT2D eigenvalue weighted by atomic mass is 10.00. The molecular weight excluding hydrogens is 294 g/mol. The van der Waals surface area contributed by atoms with E-state index in [-0.39, 0.29) is 0 Å². The summed E-state index contributed by atoms with van der Waals surface area (Å²) >= 11 is 0. The molecule has 2 fully saturated rings. The van der Waals surface area contributed by atoms with Crippen LogP contribution in [0.25, 0.3) is 11.1 Å². The van der Waals surface area contributed by atoms with Gasteiger partial charge in [0.2, 0.25) is 5.78 Å². The van der Waals surface area contributed by atoms with E-state index in [1.807, 2.05) is 30.3 Å². The maximum Gasteiger partial charge on any atom is 0.216 e. The topological polar surface area (TPSA) is 17.1 Å². The van der Waals surface area contributed by atoms with Crippen molar-refractivity contribution in [2.75, 3.05) is 19.6 Å². The van der Waals surface area contributed by atoms with Crippen LogP contribution in [0.4, 0.5) is 0 Å². The molecule has 4 rings (SSSR count). The zero-order valence-electron chi connectivity index (χ0n) is 14.4. The maximum absolute atomic E-state index is 12.9. The van der Waals surface area contributed by atoms with Crippen molar-refractivity contribution in [1.82, 2.24) is 0 Å². The summed E-state index contributed by atoms with van der Waals surface area (Å²) < 4.78 is 1.06. The van der Waals surface area contributed by atoms with Gasteiger partial charge in [-0.1, -0.05) is 61.5 Å². The van der Waals surface area contributed by atoms with E-state index in [9.17, 15) is 4.79 Å². The number of nitrogens with zero attached hydrogens (tertiary/aromatic N) is 1. The van der Waals surface area contributed by atoms with Crippen molar-refractivity contribution in [1.29, 1.82) is 0 Å². The van der Waals surface area contributed by atoms with Gasteiger partial charge in [0.15, 0.2) is 0 Å². The van der Waals surface area contributed by atoms with E-state index in [0.29, 0.717) is 12.3 Å². The van der Waals surface area contributed by atoms with Crippen molar-refractivity contribution in [2.24, 2.45) is 5.92 Å². The monoisotopic (exact) mass is 320 g/mol. The van der Waals surface area contributed by atoms with Gasteiger partial charge in [-0.2, -0.15) is 0 Å². The van der Waals surface area contributed by atoms with Crippen LogP contribution in [-0.2, 0) is 0 Å². The predicted molar refractivity (Wildman–Crippen MR) is 97.9 cm³/mol. The second-order valence-electron chi connectivity index (χ2n) is 7.67. The van der Waals surface area contributed by atoms with E-state index in [1.165, 1.54) is 43.5 Å². The normalized spacial score (nSPS) is 28.7. The summed E-state index contributed by atoms with van der Waals surface area (Å²) in [6.45, 7) is 5.46. The average Bonchev–Trinajstić information content (AvgIpc) is 3.16. The first-order valence-corrected chi connectivity index (χ1v) is 9.22. The van der Waals surface area contributed by atoms with Crippen molar-refractivity contribution in [3.8, 4) is 11.1 Å². The number of carbonyl (C=O) groups is 1. The Bertz CT molecular complexity index is 721. The molecule has 0 amide bonds. The fraction of sp³-hybridized carbons (Fsp3) is 0.409. The zero-order valence-corrected chi connectivity index (χ0v) is 14.4. The Morgan fingerprint density at radius 2 is 1.67 bits per heavy atom. The van der Waals surface area contributed by atoms with Crippen LogP contribution in [-0.4, -0.2) is 35.9 Å². The standard InChI is InChI=1S/C22H26NO/c1-17-13-15-23(14-5-8-21(17)23)16-22(24)20-11-9-19(10-12-20)18-6-3-2-4-7-18/h2-4,6-7,9-12,17,21H,5,8,13-16H2,1H3/q+1. The molecule has 2 aliphatic heterocycles. The molecule has 3 unspecified atom stereocenters. The van der Waals surface area contributed by atoms with Crippen LogP contribution in [0.5, 0.6) is 0 Å². The number of ketones is 1. The quantitative estimate of drug-likeness (QED) is 0.596. The minimum atomic E-state index is 0.315. The van der Waals surface area contributed by atoms with E-state index >= 15 is 0 Å². The first-order valence-electron chi connectivity index (χ1n) is 9.22. The summed E-state index contributed by atoms with van der Waals surface area (Å²) in [5, 5.41) is 0. The smallest absolute Gasteiger partial charge is 0.216 e. The second kappa shape index (κ2) is 6.18. The largest absolute Gasteiger partial charge is 0.314 e. The van der Waals surface area contributed by atoms with Crippen molar-refractivity contribution >= 4 is 5.78 Å². The summed E-state index contributed by atoms with van der Waals surface area (Å²) in [4.78, 5) is 12.9. The van der Waals surface area contributed by atoms with E-state index in [2.05, 4.69) is 31.2 Å². The fourth-order valence-corrected chi connectivity index (χ4v) is 4.94. The number of fused-ring (bicyclic) bond motifs is 1. The first-order chi connectivity index (χ1) is 11.7. The van der Waals surface area contributed by atoms with Crippen molar-refractivity contribution in [3.05, 3.63) is 60.2 Å². The number of benzene rings is 2. The van der Waals surface area contributed by atoms with Crippen LogP contribution in [0.1, 0.15) is 36.5 Å². The summed E-state index contributed by atoms with van der Waals surface area (Å²) in [7, 11) is 0. The highest BCUT2D eigenvalue weighted by atomic mass is 16.1. The van der Waals surface area contributed by atoms with E-state index < -0.39 is 0 Å². The lowest BCUT2D eigenvalue weighted by molar-refractivity contribution is -0.921. The molecule has 0 spiro atoms. The minimum Gasteiger partial charge on any atom is -0.314 e. The van der Waals surface area contributed by atoms with Crippen molar-refractivity contribution in [2.45, 2.75) is 32.2 Å². The molecule has 2 heteroatoms. The van der Waals surface area contributed by atoms with Gasteiger partial charge in [0.05, 0.1) is 19.1 Å². The van der Waals surface area contributed by atoms with Gasteiger partial charge in [-0.15, -0.1) is 0 Å². The molecule has 0 bridgehead atoms. The van der Waals surface area contributed by atoms with Crippen LogP contribution >= 0.6 is 0 Å². The zero-order chi connectivity index (χ0) is 16.6. The lowest BCUT2D eigenvalue weighted by Crippen LogP contribution is -2.51. The summed E-state index contributed by atoms with van der Waals surface area (Å²) in [6, 6.07) is 19.2.